The van der Waals surface area contributed by atoms with E-state index >= 15 is 0 Å². The third-order valence-electron chi connectivity index (χ3n) is 6.13. The quantitative estimate of drug-likeness (QED) is 0.570. The Hall–Kier alpha value is -0.980. The molecule has 2 heterocycles. The first-order chi connectivity index (χ1) is 13.8. The smallest absolute Gasteiger partial charge is 0.0594 e. The molecule has 0 amide bonds. The molecular weight excluding hydrogens is 348 g/mol. The highest BCUT2D eigenvalue weighted by molar-refractivity contribution is 5.22. The molecule has 158 valence electrons. The first-order valence-corrected chi connectivity index (χ1v) is 11.3. The number of likely N-dealkylation sites (tertiary alicyclic amines) is 1. The second-order valence-electron chi connectivity index (χ2n) is 8.36. The maximum Gasteiger partial charge on any atom is 0.0594 e. The normalized spacial score (nSPS) is 21.8. The van der Waals surface area contributed by atoms with Gasteiger partial charge < -0.3 is 20.3 Å². The van der Waals surface area contributed by atoms with Crippen LogP contribution in [0.2, 0.25) is 0 Å². The van der Waals surface area contributed by atoms with Gasteiger partial charge >= 0.3 is 0 Å². The molecule has 2 fully saturated rings. The predicted octanol–water partition coefficient (Wildman–Crippen LogP) is 2.46. The summed E-state index contributed by atoms with van der Waals surface area (Å²) in [6.45, 7) is 14.0. The van der Waals surface area contributed by atoms with Crippen LogP contribution in [0.5, 0.6) is 0 Å². The Morgan fingerprint density at radius 3 is 2.25 bits per heavy atom. The molecule has 1 unspecified atom stereocenters. The van der Waals surface area contributed by atoms with Crippen LogP contribution in [0.3, 0.4) is 0 Å². The van der Waals surface area contributed by atoms with E-state index < -0.39 is 0 Å². The van der Waals surface area contributed by atoms with Crippen LogP contribution in [-0.4, -0.2) is 74.9 Å². The number of nitrogens with one attached hydrogen (secondary N) is 2. The summed E-state index contributed by atoms with van der Waals surface area (Å²) in [5.41, 5.74) is 2.74. The lowest BCUT2D eigenvalue weighted by atomic mass is 10.0. The van der Waals surface area contributed by atoms with E-state index in [0.29, 0.717) is 0 Å². The number of ether oxygens (including phenoxy) is 1. The van der Waals surface area contributed by atoms with Gasteiger partial charge in [-0.3, -0.25) is 4.90 Å². The lowest BCUT2D eigenvalue weighted by molar-refractivity contribution is 0.0384. The zero-order valence-corrected chi connectivity index (χ0v) is 17.8. The van der Waals surface area contributed by atoms with Gasteiger partial charge in [-0.2, -0.15) is 0 Å². The van der Waals surface area contributed by atoms with Crippen LogP contribution < -0.4 is 10.6 Å². The fourth-order valence-electron chi connectivity index (χ4n) is 4.20. The fourth-order valence-corrected chi connectivity index (χ4v) is 4.20. The first-order valence-electron chi connectivity index (χ1n) is 11.3. The van der Waals surface area contributed by atoms with Gasteiger partial charge in [-0.05, 0) is 56.9 Å². The van der Waals surface area contributed by atoms with Crippen LogP contribution in [0.4, 0.5) is 0 Å². The third kappa shape index (κ3) is 7.80. The van der Waals surface area contributed by atoms with Gasteiger partial charge in [0.05, 0.1) is 13.2 Å². The molecule has 1 atom stereocenters. The summed E-state index contributed by atoms with van der Waals surface area (Å²) in [6, 6.07) is 9.82. The molecule has 1 aromatic carbocycles. The highest BCUT2D eigenvalue weighted by atomic mass is 16.5. The Kier molecular flexibility index (Phi) is 9.74. The van der Waals surface area contributed by atoms with Crippen molar-refractivity contribution < 1.29 is 4.74 Å². The van der Waals surface area contributed by atoms with Crippen LogP contribution in [0.25, 0.3) is 0 Å². The van der Waals surface area contributed by atoms with E-state index in [1.165, 1.54) is 49.9 Å². The minimum atomic E-state index is 0.781. The van der Waals surface area contributed by atoms with Gasteiger partial charge in [-0.15, -0.1) is 0 Å². The second-order valence-corrected chi connectivity index (χ2v) is 8.36. The molecule has 0 aliphatic carbocycles. The number of hydrogen-bond donors (Lipinski definition) is 2. The van der Waals surface area contributed by atoms with Crippen LogP contribution in [0.1, 0.15) is 43.7 Å². The summed E-state index contributed by atoms with van der Waals surface area (Å²) in [4.78, 5) is 5.13. The van der Waals surface area contributed by atoms with Crippen molar-refractivity contribution in [1.29, 1.82) is 0 Å². The van der Waals surface area contributed by atoms with E-state index in [-0.39, 0.29) is 0 Å². The number of nitrogens with zero attached hydrogens (tertiary/aromatic N) is 2. The second kappa shape index (κ2) is 12.6. The van der Waals surface area contributed by atoms with Crippen molar-refractivity contribution in [3.05, 3.63) is 35.4 Å². The molecule has 2 saturated heterocycles. The van der Waals surface area contributed by atoms with Gasteiger partial charge in [0.15, 0.2) is 0 Å². The van der Waals surface area contributed by atoms with E-state index in [9.17, 15) is 0 Å². The number of piperidine rings is 1. The summed E-state index contributed by atoms with van der Waals surface area (Å²) in [7, 11) is 0. The van der Waals surface area contributed by atoms with Crippen molar-refractivity contribution in [2.24, 2.45) is 0 Å². The van der Waals surface area contributed by atoms with E-state index in [4.69, 9.17) is 4.74 Å². The van der Waals surface area contributed by atoms with Crippen LogP contribution >= 0.6 is 0 Å². The summed E-state index contributed by atoms with van der Waals surface area (Å²) < 4.78 is 5.39. The van der Waals surface area contributed by atoms with Crippen LogP contribution in [-0.2, 0) is 17.8 Å². The number of hydrogen-bond acceptors (Lipinski definition) is 5. The molecule has 2 aliphatic heterocycles. The molecule has 0 bridgehead atoms. The van der Waals surface area contributed by atoms with Crippen LogP contribution in [0, 0.1) is 0 Å². The molecule has 0 spiro atoms. The van der Waals surface area contributed by atoms with Crippen LogP contribution in [0.15, 0.2) is 24.3 Å². The van der Waals surface area contributed by atoms with Gasteiger partial charge in [0.25, 0.3) is 0 Å². The summed E-state index contributed by atoms with van der Waals surface area (Å²) in [5.74, 6) is 0. The molecule has 1 aromatic rings. The Labute approximate surface area is 171 Å². The zero-order valence-electron chi connectivity index (χ0n) is 17.8. The van der Waals surface area contributed by atoms with Crippen molar-refractivity contribution in [1.82, 2.24) is 20.4 Å². The predicted molar refractivity (Wildman–Crippen MR) is 117 cm³/mol. The molecule has 5 heteroatoms. The van der Waals surface area contributed by atoms with Crippen molar-refractivity contribution in [3.63, 3.8) is 0 Å². The number of rotatable bonds is 11. The van der Waals surface area contributed by atoms with Gasteiger partial charge in [0, 0.05) is 45.3 Å². The Morgan fingerprint density at radius 2 is 1.57 bits per heavy atom. The number of benzene rings is 1. The van der Waals surface area contributed by atoms with Crippen molar-refractivity contribution >= 4 is 0 Å². The van der Waals surface area contributed by atoms with E-state index in [2.05, 4.69) is 51.6 Å². The molecule has 0 radical (unpaired) electrons. The first kappa shape index (κ1) is 21.7. The zero-order chi connectivity index (χ0) is 19.4. The topological polar surface area (TPSA) is 39.8 Å². The SMILES string of the molecule is CC1CCCCN1CCCNCc1ccc(CNCCN2CCOCC2)cc1. The summed E-state index contributed by atoms with van der Waals surface area (Å²) in [6.07, 6.45) is 5.42. The maximum absolute atomic E-state index is 5.39. The highest BCUT2D eigenvalue weighted by Crippen LogP contribution is 2.16. The fraction of sp³-hybridized carbons (Fsp3) is 0.739. The Balaban J connectivity index is 1.23. The Morgan fingerprint density at radius 1 is 0.893 bits per heavy atom. The van der Waals surface area contributed by atoms with Gasteiger partial charge in [-0.25, -0.2) is 0 Å². The maximum atomic E-state index is 5.39. The molecule has 2 N–H and O–H groups in total. The lowest BCUT2D eigenvalue weighted by Crippen LogP contribution is -2.40. The van der Waals surface area contributed by atoms with E-state index in [0.717, 1.165) is 65.1 Å². The summed E-state index contributed by atoms with van der Waals surface area (Å²) in [5, 5.41) is 7.17. The van der Waals surface area contributed by atoms with E-state index in [1.54, 1.807) is 0 Å². The average Bonchev–Trinajstić information content (AvgIpc) is 2.74. The number of morpholine rings is 1. The van der Waals surface area contributed by atoms with Gasteiger partial charge in [0.1, 0.15) is 0 Å². The molecular formula is C23H40N4O. The molecule has 3 rings (SSSR count). The van der Waals surface area contributed by atoms with Crippen molar-refractivity contribution in [2.45, 2.75) is 51.7 Å². The molecule has 5 nitrogen and oxygen atoms in total. The standard InChI is InChI=1S/C23H40N4O/c1-21-5-2-3-12-27(21)13-4-10-24-19-22-6-8-23(9-7-22)20-25-11-14-26-15-17-28-18-16-26/h6-9,21,24-25H,2-5,10-20H2,1H3. The minimum Gasteiger partial charge on any atom is -0.379 e. The van der Waals surface area contributed by atoms with Gasteiger partial charge in [0.2, 0.25) is 0 Å². The molecule has 28 heavy (non-hydrogen) atoms. The lowest BCUT2D eigenvalue weighted by Gasteiger charge is -2.33. The van der Waals surface area contributed by atoms with E-state index in [1.807, 2.05) is 0 Å². The monoisotopic (exact) mass is 388 g/mol. The van der Waals surface area contributed by atoms with Crippen molar-refractivity contribution in [3.8, 4) is 0 Å². The Bertz CT molecular complexity index is 530. The molecule has 0 aromatic heterocycles. The average molecular weight is 389 g/mol. The highest BCUT2D eigenvalue weighted by Gasteiger charge is 2.16. The van der Waals surface area contributed by atoms with Gasteiger partial charge in [-0.1, -0.05) is 30.7 Å². The van der Waals surface area contributed by atoms with Crippen molar-refractivity contribution in [2.75, 3.05) is 59.0 Å². The molecule has 0 saturated carbocycles. The third-order valence-corrected chi connectivity index (χ3v) is 6.13. The largest absolute Gasteiger partial charge is 0.379 e. The summed E-state index contributed by atoms with van der Waals surface area (Å²) >= 11 is 0. The molecule has 2 aliphatic rings. The minimum absolute atomic E-state index is 0.781.